The van der Waals surface area contributed by atoms with E-state index in [0.717, 1.165) is 32.2 Å². The van der Waals surface area contributed by atoms with Crippen molar-refractivity contribution in [2.75, 3.05) is 18.8 Å². The zero-order valence-corrected chi connectivity index (χ0v) is 11.5. The predicted octanol–water partition coefficient (Wildman–Crippen LogP) is 1.24. The van der Waals surface area contributed by atoms with E-state index in [-0.39, 0.29) is 11.2 Å². The van der Waals surface area contributed by atoms with E-state index in [1.165, 1.54) is 12.8 Å². The van der Waals surface area contributed by atoms with Crippen molar-refractivity contribution in [3.8, 4) is 0 Å². The highest BCUT2D eigenvalue weighted by molar-refractivity contribution is 7.89. The summed E-state index contributed by atoms with van der Waals surface area (Å²) in [5.74, 6) is 0.265. The molecule has 0 amide bonds. The van der Waals surface area contributed by atoms with Crippen LogP contribution in [-0.4, -0.2) is 33.3 Å². The molecule has 0 bridgehead atoms. The molecule has 2 N–H and O–H groups in total. The third-order valence-corrected chi connectivity index (χ3v) is 5.33. The molecule has 0 aromatic rings. The average molecular weight is 260 g/mol. The van der Waals surface area contributed by atoms with Crippen LogP contribution >= 0.6 is 0 Å². The zero-order valence-electron chi connectivity index (χ0n) is 10.7. The molecule has 2 aliphatic rings. The maximum atomic E-state index is 11.8. The van der Waals surface area contributed by atoms with Crippen LogP contribution in [0.3, 0.4) is 0 Å². The van der Waals surface area contributed by atoms with Gasteiger partial charge in [-0.3, -0.25) is 0 Å². The SMILES string of the molecule is CC1(CNS(=O)(=O)CCC2CCCCN2)CC1. The molecule has 1 saturated heterocycles. The van der Waals surface area contributed by atoms with Gasteiger partial charge < -0.3 is 5.32 Å². The molecule has 0 radical (unpaired) electrons. The predicted molar refractivity (Wildman–Crippen MR) is 69.4 cm³/mol. The quantitative estimate of drug-likeness (QED) is 0.755. The van der Waals surface area contributed by atoms with Gasteiger partial charge in [0.2, 0.25) is 10.0 Å². The number of hydrogen-bond donors (Lipinski definition) is 2. The average Bonchev–Trinajstić information content (AvgIpc) is 3.05. The van der Waals surface area contributed by atoms with E-state index in [4.69, 9.17) is 0 Å². The van der Waals surface area contributed by atoms with Gasteiger partial charge in [-0.05, 0) is 44.1 Å². The molecule has 1 heterocycles. The van der Waals surface area contributed by atoms with Crippen molar-refractivity contribution in [3.05, 3.63) is 0 Å². The number of sulfonamides is 1. The zero-order chi connectivity index (χ0) is 12.4. The number of nitrogens with one attached hydrogen (secondary N) is 2. The maximum absolute atomic E-state index is 11.8. The molecule has 100 valence electrons. The number of hydrogen-bond acceptors (Lipinski definition) is 3. The molecule has 0 aromatic carbocycles. The van der Waals surface area contributed by atoms with E-state index in [1.54, 1.807) is 0 Å². The van der Waals surface area contributed by atoms with Gasteiger partial charge in [-0.25, -0.2) is 13.1 Å². The molecule has 0 aromatic heterocycles. The first kappa shape index (κ1) is 13.3. The Hall–Kier alpha value is -0.130. The second-order valence-electron chi connectivity index (χ2n) is 5.89. The summed E-state index contributed by atoms with van der Waals surface area (Å²) >= 11 is 0. The normalized spacial score (nSPS) is 27.9. The molecule has 17 heavy (non-hydrogen) atoms. The summed E-state index contributed by atoms with van der Waals surface area (Å²) in [6, 6.07) is 0.400. The topological polar surface area (TPSA) is 58.2 Å². The molecule has 5 heteroatoms. The minimum atomic E-state index is -3.06. The maximum Gasteiger partial charge on any atom is 0.211 e. The molecule has 2 fully saturated rings. The molecule has 1 unspecified atom stereocenters. The van der Waals surface area contributed by atoms with Gasteiger partial charge in [0, 0.05) is 12.6 Å². The van der Waals surface area contributed by atoms with Gasteiger partial charge in [-0.15, -0.1) is 0 Å². The van der Waals surface area contributed by atoms with Gasteiger partial charge in [-0.1, -0.05) is 13.3 Å². The lowest BCUT2D eigenvalue weighted by atomic mass is 10.0. The summed E-state index contributed by atoms with van der Waals surface area (Å²) in [7, 11) is -3.06. The standard InChI is InChI=1S/C12H24N2O2S/c1-12(6-7-12)10-14-17(15,16)9-5-11-4-2-3-8-13-11/h11,13-14H,2-10H2,1H3. The van der Waals surface area contributed by atoms with Gasteiger partial charge in [-0.2, -0.15) is 0 Å². The molecular weight excluding hydrogens is 236 g/mol. The fourth-order valence-electron chi connectivity index (χ4n) is 2.21. The van der Waals surface area contributed by atoms with Crippen molar-refractivity contribution in [2.45, 2.75) is 51.5 Å². The summed E-state index contributed by atoms with van der Waals surface area (Å²) in [4.78, 5) is 0. The van der Waals surface area contributed by atoms with Crippen LogP contribution in [-0.2, 0) is 10.0 Å². The van der Waals surface area contributed by atoms with Crippen LogP contribution in [0.1, 0.15) is 45.4 Å². The minimum absolute atomic E-state index is 0.246. The third-order valence-electron chi connectivity index (χ3n) is 3.97. The van der Waals surface area contributed by atoms with Crippen molar-refractivity contribution in [1.82, 2.24) is 10.0 Å². The Kier molecular flexibility index (Phi) is 4.10. The van der Waals surface area contributed by atoms with Crippen LogP contribution in [0.2, 0.25) is 0 Å². The lowest BCUT2D eigenvalue weighted by Gasteiger charge is -2.23. The lowest BCUT2D eigenvalue weighted by molar-refractivity contribution is 0.392. The van der Waals surface area contributed by atoms with Crippen molar-refractivity contribution >= 4 is 10.0 Å². The Morgan fingerprint density at radius 1 is 1.35 bits per heavy atom. The van der Waals surface area contributed by atoms with Crippen LogP contribution in [0, 0.1) is 5.41 Å². The van der Waals surface area contributed by atoms with E-state index in [1.807, 2.05) is 0 Å². The summed E-state index contributed by atoms with van der Waals surface area (Å²) in [5.41, 5.74) is 0.246. The van der Waals surface area contributed by atoms with Gasteiger partial charge in [0.25, 0.3) is 0 Å². The summed E-state index contributed by atoms with van der Waals surface area (Å²) in [6.45, 7) is 3.79. The molecule has 1 saturated carbocycles. The van der Waals surface area contributed by atoms with Crippen molar-refractivity contribution in [1.29, 1.82) is 0 Å². The largest absolute Gasteiger partial charge is 0.314 e. The van der Waals surface area contributed by atoms with Crippen LogP contribution in [0.25, 0.3) is 0 Å². The van der Waals surface area contributed by atoms with E-state index in [2.05, 4.69) is 17.0 Å². The van der Waals surface area contributed by atoms with E-state index in [9.17, 15) is 8.42 Å². The van der Waals surface area contributed by atoms with Gasteiger partial charge >= 0.3 is 0 Å². The summed E-state index contributed by atoms with van der Waals surface area (Å²) in [5, 5.41) is 3.38. The highest BCUT2D eigenvalue weighted by Crippen LogP contribution is 2.44. The van der Waals surface area contributed by atoms with E-state index >= 15 is 0 Å². The first-order chi connectivity index (χ1) is 7.99. The Bertz CT molecular complexity index is 344. The second kappa shape index (κ2) is 5.24. The van der Waals surface area contributed by atoms with Crippen LogP contribution in [0.4, 0.5) is 0 Å². The fourth-order valence-corrected chi connectivity index (χ4v) is 3.52. The van der Waals surface area contributed by atoms with Crippen LogP contribution in [0.15, 0.2) is 0 Å². The minimum Gasteiger partial charge on any atom is -0.314 e. The van der Waals surface area contributed by atoms with Gasteiger partial charge in [0.15, 0.2) is 0 Å². The van der Waals surface area contributed by atoms with Crippen molar-refractivity contribution in [2.24, 2.45) is 5.41 Å². The van der Waals surface area contributed by atoms with Gasteiger partial charge in [0.05, 0.1) is 5.75 Å². The third kappa shape index (κ3) is 4.56. The molecule has 1 aliphatic heterocycles. The molecule has 1 atom stereocenters. The summed E-state index contributed by atoms with van der Waals surface area (Å²) in [6.07, 6.45) is 6.61. The Balaban J connectivity index is 1.68. The van der Waals surface area contributed by atoms with E-state index in [0.29, 0.717) is 12.6 Å². The smallest absolute Gasteiger partial charge is 0.211 e. The van der Waals surface area contributed by atoms with Crippen LogP contribution < -0.4 is 10.0 Å². The monoisotopic (exact) mass is 260 g/mol. The lowest BCUT2D eigenvalue weighted by Crippen LogP contribution is -2.38. The first-order valence-electron chi connectivity index (χ1n) is 6.70. The Morgan fingerprint density at radius 2 is 2.12 bits per heavy atom. The molecule has 4 nitrogen and oxygen atoms in total. The van der Waals surface area contributed by atoms with Crippen molar-refractivity contribution < 1.29 is 8.42 Å². The highest BCUT2D eigenvalue weighted by atomic mass is 32.2. The van der Waals surface area contributed by atoms with Crippen LogP contribution in [0.5, 0.6) is 0 Å². The summed E-state index contributed by atoms with van der Waals surface area (Å²) < 4.78 is 26.4. The Morgan fingerprint density at radius 3 is 2.71 bits per heavy atom. The Labute approximate surface area is 105 Å². The molecule has 2 rings (SSSR count). The van der Waals surface area contributed by atoms with Gasteiger partial charge in [0.1, 0.15) is 0 Å². The fraction of sp³-hybridized carbons (Fsp3) is 1.00. The van der Waals surface area contributed by atoms with Crippen molar-refractivity contribution in [3.63, 3.8) is 0 Å². The second-order valence-corrected chi connectivity index (χ2v) is 7.81. The number of piperidine rings is 1. The van der Waals surface area contributed by atoms with E-state index < -0.39 is 10.0 Å². The number of rotatable bonds is 6. The molecule has 0 spiro atoms. The molecule has 1 aliphatic carbocycles. The highest BCUT2D eigenvalue weighted by Gasteiger charge is 2.37. The molecular formula is C12H24N2O2S. The first-order valence-corrected chi connectivity index (χ1v) is 8.35.